The Bertz CT molecular complexity index is 2460. The summed E-state index contributed by atoms with van der Waals surface area (Å²) in [5, 5.41) is 28.8. The first kappa shape index (κ1) is 42.1. The first-order valence-corrected chi connectivity index (χ1v) is 20.4. The fourth-order valence-electron chi connectivity index (χ4n) is 8.65. The number of rotatable bonds is 10. The molecule has 3 aromatic carbocycles. The highest BCUT2D eigenvalue weighted by atomic mass is 19.4. The number of amides is 5. The lowest BCUT2D eigenvalue weighted by Gasteiger charge is -2.40. The summed E-state index contributed by atoms with van der Waals surface area (Å²) in [4.78, 5) is 71.5. The molecule has 2 unspecified atom stereocenters. The maximum atomic E-state index is 13.4. The van der Waals surface area contributed by atoms with Gasteiger partial charge in [0.25, 0.3) is 17.7 Å². The Morgan fingerprint density at radius 3 is 2.23 bits per heavy atom. The second-order valence-electron chi connectivity index (χ2n) is 16.5. The lowest BCUT2D eigenvalue weighted by molar-refractivity contribution is -0.138. The van der Waals surface area contributed by atoms with Gasteiger partial charge >= 0.3 is 6.18 Å². The molecule has 322 valence electrons. The van der Waals surface area contributed by atoms with E-state index < -0.39 is 58.5 Å². The van der Waals surface area contributed by atoms with Crippen LogP contribution in [0.3, 0.4) is 0 Å². The molecule has 4 aliphatic heterocycles. The topological polar surface area (TPSA) is 184 Å². The van der Waals surface area contributed by atoms with Crippen molar-refractivity contribution in [1.29, 1.82) is 5.26 Å². The van der Waals surface area contributed by atoms with E-state index in [9.17, 15) is 42.3 Å². The van der Waals surface area contributed by atoms with Gasteiger partial charge in [0.2, 0.25) is 11.8 Å². The molecule has 15 nitrogen and oxygen atoms in total. The third-order valence-electron chi connectivity index (χ3n) is 12.2. The summed E-state index contributed by atoms with van der Waals surface area (Å²) in [7, 11) is 0. The Morgan fingerprint density at radius 1 is 0.871 bits per heavy atom. The van der Waals surface area contributed by atoms with E-state index in [4.69, 9.17) is 5.26 Å². The van der Waals surface area contributed by atoms with E-state index in [0.717, 1.165) is 92.1 Å². The van der Waals surface area contributed by atoms with Crippen molar-refractivity contribution >= 4 is 46.6 Å². The van der Waals surface area contributed by atoms with Crippen LogP contribution in [0.25, 0.3) is 11.1 Å². The van der Waals surface area contributed by atoms with Gasteiger partial charge in [-0.1, -0.05) is 12.1 Å². The van der Waals surface area contributed by atoms with Crippen LogP contribution in [0.5, 0.6) is 0 Å². The Balaban J connectivity index is 0.791. The molecule has 4 aromatic rings. The van der Waals surface area contributed by atoms with Crippen molar-refractivity contribution in [2.75, 3.05) is 60.9 Å². The molecule has 3 N–H and O–H groups in total. The number of nitrogens with one attached hydrogen (secondary N) is 2. The number of piperazine rings is 1. The lowest BCUT2D eigenvalue weighted by Crippen LogP contribution is -2.54. The highest BCUT2D eigenvalue weighted by molar-refractivity contribution is 6.23. The van der Waals surface area contributed by atoms with E-state index in [1.165, 1.54) is 23.7 Å². The average Bonchev–Trinajstić information content (AvgIpc) is 3.81. The largest absolute Gasteiger partial charge is 0.417 e. The second-order valence-corrected chi connectivity index (χ2v) is 16.5. The summed E-state index contributed by atoms with van der Waals surface area (Å²) in [6.07, 6.45) is 0.766. The molecule has 0 saturated carbocycles. The van der Waals surface area contributed by atoms with E-state index in [0.29, 0.717) is 12.0 Å². The number of nitriles is 1. The van der Waals surface area contributed by atoms with Crippen LogP contribution in [-0.2, 0) is 27.1 Å². The molecule has 8 rings (SSSR count). The molecule has 5 heterocycles. The number of aromatic nitrogens is 2. The number of anilines is 3. The van der Waals surface area contributed by atoms with E-state index in [1.54, 1.807) is 24.5 Å². The number of aliphatic hydroxyl groups is 1. The van der Waals surface area contributed by atoms with Gasteiger partial charge in [-0.25, -0.2) is 0 Å². The lowest BCUT2D eigenvalue weighted by atomic mass is 9.95. The van der Waals surface area contributed by atoms with Gasteiger partial charge in [0.15, 0.2) is 5.60 Å². The third-order valence-corrected chi connectivity index (χ3v) is 12.2. The highest BCUT2D eigenvalue weighted by Crippen LogP contribution is 2.35. The summed E-state index contributed by atoms with van der Waals surface area (Å²) in [6, 6.07) is 16.6. The van der Waals surface area contributed by atoms with E-state index >= 15 is 0 Å². The van der Waals surface area contributed by atoms with E-state index in [1.807, 2.05) is 18.2 Å². The molecule has 1 aromatic heterocycles. The van der Waals surface area contributed by atoms with Crippen LogP contribution >= 0.6 is 0 Å². The number of imide groups is 2. The molecule has 4 aliphatic rings. The van der Waals surface area contributed by atoms with E-state index in [2.05, 4.69) is 42.6 Å². The molecule has 0 spiro atoms. The normalized spacial score (nSPS) is 19.9. The van der Waals surface area contributed by atoms with Gasteiger partial charge < -0.3 is 20.2 Å². The van der Waals surface area contributed by atoms with Crippen LogP contribution in [-0.4, -0.2) is 112 Å². The summed E-state index contributed by atoms with van der Waals surface area (Å²) < 4.78 is 41.6. The fourth-order valence-corrected chi connectivity index (χ4v) is 8.65. The van der Waals surface area contributed by atoms with Gasteiger partial charge in [-0.3, -0.25) is 43.8 Å². The number of carbonyl (C=O) groups is 5. The summed E-state index contributed by atoms with van der Waals surface area (Å²) in [5.74, 6) is -2.44. The predicted octanol–water partition coefficient (Wildman–Crippen LogP) is 4.27. The smallest absolute Gasteiger partial charge is 0.378 e. The molecular weight excluding hydrogens is 808 g/mol. The minimum Gasteiger partial charge on any atom is -0.378 e. The van der Waals surface area contributed by atoms with Crippen LogP contribution < -0.4 is 20.4 Å². The number of hydrogen-bond acceptors (Lipinski definition) is 11. The zero-order valence-electron chi connectivity index (χ0n) is 33.8. The number of hydrogen-bond donors (Lipinski definition) is 3. The number of fused-ring (bicyclic) bond motifs is 1. The van der Waals surface area contributed by atoms with Gasteiger partial charge in [-0.15, -0.1) is 0 Å². The molecular formula is C44H44F3N9O6. The van der Waals surface area contributed by atoms with Gasteiger partial charge in [-0.2, -0.15) is 23.5 Å². The monoisotopic (exact) mass is 851 g/mol. The van der Waals surface area contributed by atoms with Crippen molar-refractivity contribution in [3.8, 4) is 17.2 Å². The molecule has 62 heavy (non-hydrogen) atoms. The predicted molar refractivity (Wildman–Crippen MR) is 220 cm³/mol. The molecule has 5 amide bonds. The van der Waals surface area contributed by atoms with Crippen molar-refractivity contribution in [2.45, 2.75) is 57.0 Å². The Morgan fingerprint density at radius 2 is 1.55 bits per heavy atom. The summed E-state index contributed by atoms with van der Waals surface area (Å²) in [6.45, 7) is 7.06. The van der Waals surface area contributed by atoms with Crippen LogP contribution in [0.4, 0.5) is 30.2 Å². The molecule has 0 radical (unpaired) electrons. The van der Waals surface area contributed by atoms with Crippen molar-refractivity contribution in [1.82, 2.24) is 24.9 Å². The van der Waals surface area contributed by atoms with Gasteiger partial charge in [0.1, 0.15) is 6.04 Å². The number of benzene rings is 3. The molecule has 0 bridgehead atoms. The quantitative estimate of drug-likeness (QED) is 0.194. The second kappa shape index (κ2) is 16.7. The fraction of sp³-hybridized carbons (Fsp3) is 0.386. The van der Waals surface area contributed by atoms with Crippen molar-refractivity contribution in [2.24, 2.45) is 5.92 Å². The van der Waals surface area contributed by atoms with Crippen LogP contribution in [0, 0.1) is 17.2 Å². The van der Waals surface area contributed by atoms with Crippen LogP contribution in [0.15, 0.2) is 73.1 Å². The maximum absolute atomic E-state index is 13.4. The van der Waals surface area contributed by atoms with Crippen molar-refractivity contribution in [3.63, 3.8) is 0 Å². The zero-order valence-corrected chi connectivity index (χ0v) is 33.8. The van der Waals surface area contributed by atoms with Crippen LogP contribution in [0.2, 0.25) is 0 Å². The Labute approximate surface area is 354 Å². The minimum absolute atomic E-state index is 0.0719. The molecule has 0 aliphatic carbocycles. The number of halogens is 3. The van der Waals surface area contributed by atoms with Gasteiger partial charge in [-0.05, 0) is 86.2 Å². The molecule has 3 saturated heterocycles. The number of nitrogens with zero attached hydrogens (tertiary/aromatic N) is 7. The highest BCUT2D eigenvalue weighted by Gasteiger charge is 2.45. The molecule has 2 atom stereocenters. The van der Waals surface area contributed by atoms with Gasteiger partial charge in [0.05, 0.1) is 41.1 Å². The number of alkyl halides is 3. The Hall–Kier alpha value is -6.58. The minimum atomic E-state index is -4.80. The zero-order chi connectivity index (χ0) is 43.9. The van der Waals surface area contributed by atoms with Crippen LogP contribution in [0.1, 0.15) is 64.4 Å². The van der Waals surface area contributed by atoms with E-state index in [-0.39, 0.29) is 36.2 Å². The van der Waals surface area contributed by atoms with Crippen molar-refractivity contribution < 1.29 is 42.3 Å². The Kier molecular flexibility index (Phi) is 11.3. The first-order chi connectivity index (χ1) is 29.6. The maximum Gasteiger partial charge on any atom is 0.417 e. The van der Waals surface area contributed by atoms with Gasteiger partial charge in [0, 0.05) is 81.1 Å². The molecule has 3 fully saturated rings. The standard InChI is InChI=1S/C44H44F3N9O6/c1-43(62,42(61)50-31-5-2-29(22-48)36(20-31)44(45,46)47)26-55-25-30(23-49-55)28-3-6-32(7-4-28)53-14-12-27(13-15-53)24-52-16-18-54(19-17-52)33-8-9-34-35(21-33)41(60)56(40(34)59)37-10-11-38(57)51-39(37)58/h2-9,20-21,23,25,27,37,62H,10-19,24,26H2,1H3,(H,50,61)(H,51,57,58). The number of carbonyl (C=O) groups excluding carboxylic acids is 5. The first-order valence-electron chi connectivity index (χ1n) is 20.4. The average molecular weight is 852 g/mol. The SMILES string of the molecule is CC(O)(Cn1cc(-c2ccc(N3CCC(CN4CCN(c5ccc6c(c5)C(=O)N(C5CCC(=O)NC5=O)C6=O)CC4)CC3)cc2)cn1)C(=O)Nc1ccc(C#N)c(C(F)(F)F)c1. The molecule has 18 heteroatoms. The number of piperidine rings is 2. The third kappa shape index (κ3) is 8.63. The summed E-state index contributed by atoms with van der Waals surface area (Å²) in [5.41, 5.74) is 0.138. The van der Waals surface area contributed by atoms with Crippen molar-refractivity contribution in [3.05, 3.63) is 95.3 Å². The summed E-state index contributed by atoms with van der Waals surface area (Å²) >= 11 is 0.